The van der Waals surface area contributed by atoms with Gasteiger partial charge in [-0.25, -0.2) is 0 Å². The number of ketones is 1. The fourth-order valence-electron chi connectivity index (χ4n) is 1.24. The molecule has 1 rings (SSSR count). The Morgan fingerprint density at radius 3 is 2.53 bits per heavy atom. The van der Waals surface area contributed by atoms with Crippen LogP contribution in [0.15, 0.2) is 23.8 Å². The molecule has 0 heterocycles. The maximum atomic E-state index is 11.7. The highest BCUT2D eigenvalue weighted by Crippen LogP contribution is 2.23. The topological polar surface area (TPSA) is 40.9 Å². The first-order chi connectivity index (χ1) is 7.95. The monoisotopic (exact) mass is 267 g/mol. The molecule has 0 N–H and O–H groups in total. The van der Waals surface area contributed by atoms with Crippen LogP contribution in [0.4, 0.5) is 0 Å². The van der Waals surface area contributed by atoms with Crippen LogP contribution in [0.1, 0.15) is 19.4 Å². The van der Waals surface area contributed by atoms with E-state index in [1.807, 2.05) is 6.07 Å². The van der Waals surface area contributed by atoms with Crippen LogP contribution in [0.5, 0.6) is 0 Å². The smallest absolute Gasteiger partial charge is 0.175 e. The van der Waals surface area contributed by atoms with Gasteiger partial charge in [0, 0.05) is 16.0 Å². The summed E-state index contributed by atoms with van der Waals surface area (Å²) >= 11 is 11.7. The Morgan fingerprint density at radius 1 is 1.41 bits per heavy atom. The van der Waals surface area contributed by atoms with Crippen molar-refractivity contribution in [2.45, 2.75) is 13.8 Å². The number of rotatable bonds is 3. The molecule has 0 aliphatic rings. The number of benzene rings is 1. The molecule has 0 spiro atoms. The average Bonchev–Trinajstić information content (AvgIpc) is 2.27. The van der Waals surface area contributed by atoms with Gasteiger partial charge in [-0.1, -0.05) is 43.1 Å². The molecule has 0 saturated heterocycles. The second-order valence-corrected chi connectivity index (χ2v) is 4.70. The van der Waals surface area contributed by atoms with Gasteiger partial charge in [-0.05, 0) is 23.8 Å². The van der Waals surface area contributed by atoms with Gasteiger partial charge in [0.25, 0.3) is 0 Å². The molecule has 1 aromatic rings. The van der Waals surface area contributed by atoms with Gasteiger partial charge in [0.2, 0.25) is 0 Å². The lowest BCUT2D eigenvalue weighted by molar-refractivity contribution is -0.117. The molecule has 1 aromatic carbocycles. The summed E-state index contributed by atoms with van der Waals surface area (Å²) < 4.78 is 0. The Labute approximate surface area is 110 Å². The van der Waals surface area contributed by atoms with Gasteiger partial charge in [0.05, 0.1) is 5.57 Å². The molecule has 17 heavy (non-hydrogen) atoms. The second-order valence-electron chi connectivity index (χ2n) is 3.85. The second kappa shape index (κ2) is 5.86. The minimum absolute atomic E-state index is 0.101. The summed E-state index contributed by atoms with van der Waals surface area (Å²) in [7, 11) is 0. The molecule has 2 nitrogen and oxygen atoms in total. The van der Waals surface area contributed by atoms with Crippen molar-refractivity contribution in [1.82, 2.24) is 0 Å². The van der Waals surface area contributed by atoms with Crippen molar-refractivity contribution in [2.24, 2.45) is 5.92 Å². The van der Waals surface area contributed by atoms with Gasteiger partial charge in [-0.2, -0.15) is 5.26 Å². The van der Waals surface area contributed by atoms with Gasteiger partial charge in [-0.3, -0.25) is 4.79 Å². The van der Waals surface area contributed by atoms with Crippen LogP contribution in [0, 0.1) is 17.2 Å². The lowest BCUT2D eigenvalue weighted by atomic mass is 10.00. The number of hydrogen-bond acceptors (Lipinski definition) is 2. The van der Waals surface area contributed by atoms with E-state index in [1.54, 1.807) is 32.0 Å². The normalized spacial score (nSPS) is 11.4. The van der Waals surface area contributed by atoms with E-state index in [1.165, 1.54) is 6.08 Å². The van der Waals surface area contributed by atoms with Gasteiger partial charge < -0.3 is 0 Å². The van der Waals surface area contributed by atoms with Crippen molar-refractivity contribution >= 4 is 35.1 Å². The Hall–Kier alpha value is -1.30. The summed E-state index contributed by atoms with van der Waals surface area (Å²) in [5.41, 5.74) is 0.714. The maximum absolute atomic E-state index is 11.7. The predicted octanol–water partition coefficient (Wildman–Crippen LogP) is 4.13. The number of carbonyl (C=O) groups excluding carboxylic acids is 1. The molecule has 0 fully saturated rings. The first-order valence-electron chi connectivity index (χ1n) is 5.06. The summed E-state index contributed by atoms with van der Waals surface area (Å²) in [6.07, 6.45) is 1.49. The van der Waals surface area contributed by atoms with E-state index in [0.717, 1.165) is 0 Å². The van der Waals surface area contributed by atoms with Crippen molar-refractivity contribution in [3.8, 4) is 6.07 Å². The zero-order chi connectivity index (χ0) is 13.0. The highest BCUT2D eigenvalue weighted by molar-refractivity contribution is 6.35. The Kier molecular flexibility index (Phi) is 4.74. The van der Waals surface area contributed by atoms with Crippen molar-refractivity contribution in [1.29, 1.82) is 5.26 Å². The van der Waals surface area contributed by atoms with Crippen LogP contribution in [-0.4, -0.2) is 5.78 Å². The molecule has 0 atom stereocenters. The van der Waals surface area contributed by atoms with Gasteiger partial charge >= 0.3 is 0 Å². The van der Waals surface area contributed by atoms with E-state index in [4.69, 9.17) is 28.5 Å². The SMILES string of the molecule is CC(C)C(=O)C(C#N)=Cc1ccc(Cl)cc1Cl. The molecule has 0 amide bonds. The summed E-state index contributed by atoms with van der Waals surface area (Å²) in [4.78, 5) is 11.7. The van der Waals surface area contributed by atoms with Crippen molar-refractivity contribution in [2.75, 3.05) is 0 Å². The van der Waals surface area contributed by atoms with Gasteiger partial charge in [0.15, 0.2) is 5.78 Å². The Balaban J connectivity index is 3.17. The number of allylic oxidation sites excluding steroid dienone is 1. The Bertz CT molecular complexity index is 513. The molecule has 0 aliphatic carbocycles. The molecule has 0 aromatic heterocycles. The van der Waals surface area contributed by atoms with E-state index in [-0.39, 0.29) is 17.3 Å². The standard InChI is InChI=1S/C13H11Cl2NO/c1-8(2)13(17)10(7-16)5-9-3-4-11(14)6-12(9)15/h3-6,8H,1-2H3. The number of nitrogens with zero attached hydrogens (tertiary/aromatic N) is 1. The van der Waals surface area contributed by atoms with E-state index in [2.05, 4.69) is 0 Å². The van der Waals surface area contributed by atoms with Crippen LogP contribution >= 0.6 is 23.2 Å². The first-order valence-corrected chi connectivity index (χ1v) is 5.82. The summed E-state index contributed by atoms with van der Waals surface area (Å²) in [5, 5.41) is 9.88. The van der Waals surface area contributed by atoms with E-state index in [0.29, 0.717) is 15.6 Å². The number of halogens is 2. The van der Waals surface area contributed by atoms with E-state index >= 15 is 0 Å². The fraction of sp³-hybridized carbons (Fsp3) is 0.231. The van der Waals surface area contributed by atoms with Crippen LogP contribution < -0.4 is 0 Å². The molecule has 0 aliphatic heterocycles. The van der Waals surface area contributed by atoms with Crippen LogP contribution in [0.25, 0.3) is 6.08 Å². The fourth-order valence-corrected chi connectivity index (χ4v) is 1.71. The van der Waals surface area contributed by atoms with Crippen LogP contribution in [0.3, 0.4) is 0 Å². The lowest BCUT2D eigenvalue weighted by Gasteiger charge is -2.03. The first kappa shape index (κ1) is 13.8. The van der Waals surface area contributed by atoms with Gasteiger partial charge in [0.1, 0.15) is 6.07 Å². The quantitative estimate of drug-likeness (QED) is 0.611. The highest BCUT2D eigenvalue weighted by Gasteiger charge is 2.13. The minimum Gasteiger partial charge on any atom is -0.293 e. The zero-order valence-corrected chi connectivity index (χ0v) is 11.0. The number of hydrogen-bond donors (Lipinski definition) is 0. The lowest BCUT2D eigenvalue weighted by Crippen LogP contribution is -2.08. The molecule has 4 heteroatoms. The molecular weight excluding hydrogens is 257 g/mol. The molecule has 0 bridgehead atoms. The number of nitriles is 1. The number of Topliss-reactive ketones (excluding diaryl/α,β-unsaturated/α-hetero) is 1. The molecular formula is C13H11Cl2NO. The maximum Gasteiger partial charge on any atom is 0.175 e. The predicted molar refractivity (Wildman–Crippen MR) is 69.9 cm³/mol. The third-order valence-corrected chi connectivity index (χ3v) is 2.74. The summed E-state index contributed by atoms with van der Waals surface area (Å²) in [6.45, 7) is 3.49. The average molecular weight is 268 g/mol. The molecule has 0 radical (unpaired) electrons. The molecule has 0 saturated carbocycles. The summed E-state index contributed by atoms with van der Waals surface area (Å²) in [6, 6.07) is 6.80. The number of carbonyl (C=O) groups is 1. The third kappa shape index (κ3) is 3.59. The molecule has 88 valence electrons. The Morgan fingerprint density at radius 2 is 2.06 bits per heavy atom. The largest absolute Gasteiger partial charge is 0.293 e. The zero-order valence-electron chi connectivity index (χ0n) is 9.50. The summed E-state index contributed by atoms with van der Waals surface area (Å²) in [5.74, 6) is -0.412. The third-order valence-electron chi connectivity index (χ3n) is 2.17. The van der Waals surface area contributed by atoms with Gasteiger partial charge in [-0.15, -0.1) is 0 Å². The van der Waals surface area contributed by atoms with E-state index in [9.17, 15) is 4.79 Å². The minimum atomic E-state index is -0.216. The van der Waals surface area contributed by atoms with Crippen LogP contribution in [0.2, 0.25) is 10.0 Å². The van der Waals surface area contributed by atoms with Crippen molar-refractivity contribution in [3.05, 3.63) is 39.4 Å². The van der Waals surface area contributed by atoms with Crippen molar-refractivity contribution in [3.63, 3.8) is 0 Å². The van der Waals surface area contributed by atoms with E-state index < -0.39 is 0 Å². The van der Waals surface area contributed by atoms with Crippen LogP contribution in [-0.2, 0) is 4.79 Å². The molecule has 0 unspecified atom stereocenters. The highest BCUT2D eigenvalue weighted by atomic mass is 35.5. The van der Waals surface area contributed by atoms with Crippen molar-refractivity contribution < 1.29 is 4.79 Å².